The van der Waals surface area contributed by atoms with Crippen molar-refractivity contribution in [3.05, 3.63) is 41.3 Å². The molecule has 24 heavy (non-hydrogen) atoms. The van der Waals surface area contributed by atoms with Gasteiger partial charge in [0, 0.05) is 26.2 Å². The van der Waals surface area contributed by atoms with Gasteiger partial charge in [0.15, 0.2) is 11.6 Å². The van der Waals surface area contributed by atoms with Gasteiger partial charge in [0.05, 0.1) is 18.8 Å². The first-order chi connectivity index (χ1) is 11.5. The summed E-state index contributed by atoms with van der Waals surface area (Å²) in [4.78, 5) is 14.4. The maximum absolute atomic E-state index is 13.4. The number of hydrogen-bond donors (Lipinski definition) is 1. The van der Waals surface area contributed by atoms with Crippen LogP contribution >= 0.6 is 0 Å². The molecule has 1 aromatic carbocycles. The third-order valence-electron chi connectivity index (χ3n) is 4.23. The SMILES string of the molecule is COc1cc(CNC2CCN(c3cc(C)nn3C)C2=O)ccc1F. The lowest BCUT2D eigenvalue weighted by atomic mass is 10.2. The van der Waals surface area contributed by atoms with E-state index in [1.54, 1.807) is 21.7 Å². The Hall–Kier alpha value is -2.41. The fourth-order valence-electron chi connectivity index (χ4n) is 3.00. The van der Waals surface area contributed by atoms with Crippen molar-refractivity contribution in [2.24, 2.45) is 7.05 Å². The fourth-order valence-corrected chi connectivity index (χ4v) is 3.00. The van der Waals surface area contributed by atoms with Crippen LogP contribution in [0.5, 0.6) is 5.75 Å². The lowest BCUT2D eigenvalue weighted by Crippen LogP contribution is -2.38. The number of ether oxygens (including phenoxy) is 1. The second kappa shape index (κ2) is 6.60. The average molecular weight is 332 g/mol. The molecule has 1 N–H and O–H groups in total. The van der Waals surface area contributed by atoms with Crippen LogP contribution in [0.4, 0.5) is 10.2 Å². The van der Waals surface area contributed by atoms with Crippen LogP contribution in [0.1, 0.15) is 17.7 Å². The molecular formula is C17H21FN4O2. The second-order valence-corrected chi connectivity index (χ2v) is 5.95. The molecule has 7 heteroatoms. The van der Waals surface area contributed by atoms with Crippen LogP contribution in [0, 0.1) is 12.7 Å². The van der Waals surface area contributed by atoms with Gasteiger partial charge < -0.3 is 10.1 Å². The Kier molecular flexibility index (Phi) is 4.53. The smallest absolute Gasteiger partial charge is 0.245 e. The van der Waals surface area contributed by atoms with Crippen LogP contribution in [-0.4, -0.2) is 35.4 Å². The highest BCUT2D eigenvalue weighted by Crippen LogP contribution is 2.23. The number of nitrogens with one attached hydrogen (secondary N) is 1. The largest absolute Gasteiger partial charge is 0.494 e. The number of aryl methyl sites for hydroxylation is 2. The summed E-state index contributed by atoms with van der Waals surface area (Å²) < 4.78 is 20.1. The van der Waals surface area contributed by atoms with E-state index in [2.05, 4.69) is 10.4 Å². The monoisotopic (exact) mass is 332 g/mol. The van der Waals surface area contributed by atoms with Crippen molar-refractivity contribution in [2.75, 3.05) is 18.6 Å². The number of rotatable bonds is 5. The highest BCUT2D eigenvalue weighted by Gasteiger charge is 2.33. The minimum atomic E-state index is -0.393. The Morgan fingerprint density at radius 2 is 2.21 bits per heavy atom. The van der Waals surface area contributed by atoms with Crippen molar-refractivity contribution >= 4 is 11.7 Å². The van der Waals surface area contributed by atoms with Gasteiger partial charge >= 0.3 is 0 Å². The number of anilines is 1. The Morgan fingerprint density at radius 1 is 1.42 bits per heavy atom. The molecule has 1 aliphatic rings. The Bertz CT molecular complexity index is 759. The zero-order valence-corrected chi connectivity index (χ0v) is 14.0. The number of nitrogens with zero attached hydrogens (tertiary/aromatic N) is 3. The first-order valence-electron chi connectivity index (χ1n) is 7.87. The molecule has 0 radical (unpaired) electrons. The molecule has 128 valence electrons. The van der Waals surface area contributed by atoms with Gasteiger partial charge in [0.1, 0.15) is 5.82 Å². The van der Waals surface area contributed by atoms with Gasteiger partial charge in [0.25, 0.3) is 0 Å². The maximum Gasteiger partial charge on any atom is 0.245 e. The van der Waals surface area contributed by atoms with Gasteiger partial charge in [-0.25, -0.2) is 4.39 Å². The maximum atomic E-state index is 13.4. The number of amides is 1. The topological polar surface area (TPSA) is 59.4 Å². The lowest BCUT2D eigenvalue weighted by Gasteiger charge is -2.17. The van der Waals surface area contributed by atoms with Gasteiger partial charge in [-0.3, -0.25) is 14.4 Å². The molecule has 1 aromatic heterocycles. The Morgan fingerprint density at radius 3 is 2.88 bits per heavy atom. The van der Waals surface area contributed by atoms with Gasteiger partial charge in [-0.05, 0) is 31.0 Å². The zero-order chi connectivity index (χ0) is 17.3. The molecule has 1 saturated heterocycles. The lowest BCUT2D eigenvalue weighted by molar-refractivity contribution is -0.118. The summed E-state index contributed by atoms with van der Waals surface area (Å²) in [5, 5.41) is 7.53. The zero-order valence-electron chi connectivity index (χ0n) is 14.0. The van der Waals surface area contributed by atoms with E-state index in [4.69, 9.17) is 4.74 Å². The van der Waals surface area contributed by atoms with E-state index in [0.717, 1.165) is 23.5 Å². The van der Waals surface area contributed by atoms with E-state index >= 15 is 0 Å². The highest BCUT2D eigenvalue weighted by molar-refractivity contribution is 5.98. The van der Waals surface area contributed by atoms with Crippen LogP contribution < -0.4 is 15.0 Å². The molecule has 3 rings (SSSR count). The third-order valence-corrected chi connectivity index (χ3v) is 4.23. The molecule has 6 nitrogen and oxygen atoms in total. The summed E-state index contributed by atoms with van der Waals surface area (Å²) >= 11 is 0. The second-order valence-electron chi connectivity index (χ2n) is 5.95. The predicted molar refractivity (Wildman–Crippen MR) is 88.5 cm³/mol. The molecule has 0 bridgehead atoms. The van der Waals surface area contributed by atoms with E-state index in [0.29, 0.717) is 13.1 Å². The van der Waals surface area contributed by atoms with E-state index < -0.39 is 5.82 Å². The molecule has 1 aliphatic heterocycles. The van der Waals surface area contributed by atoms with Crippen molar-refractivity contribution in [3.8, 4) is 5.75 Å². The average Bonchev–Trinajstić information content (AvgIpc) is 3.08. The quantitative estimate of drug-likeness (QED) is 0.907. The standard InChI is InChI=1S/C17H21FN4O2/c1-11-8-16(21(2)20-11)22-7-6-14(17(22)23)19-10-12-4-5-13(18)15(9-12)24-3/h4-5,8-9,14,19H,6-7,10H2,1-3H3. The minimum Gasteiger partial charge on any atom is -0.494 e. The molecular weight excluding hydrogens is 311 g/mol. The van der Waals surface area contributed by atoms with E-state index in [1.165, 1.54) is 13.2 Å². The number of carbonyl (C=O) groups is 1. The predicted octanol–water partition coefficient (Wildman–Crippen LogP) is 1.77. The highest BCUT2D eigenvalue weighted by atomic mass is 19.1. The molecule has 0 spiro atoms. The van der Waals surface area contributed by atoms with Gasteiger partial charge in [0.2, 0.25) is 5.91 Å². The third kappa shape index (κ3) is 3.12. The molecule has 0 saturated carbocycles. The number of benzene rings is 1. The van der Waals surface area contributed by atoms with Gasteiger partial charge in [-0.2, -0.15) is 5.10 Å². The van der Waals surface area contributed by atoms with Crippen molar-refractivity contribution < 1.29 is 13.9 Å². The number of hydrogen-bond acceptors (Lipinski definition) is 4. The van der Waals surface area contributed by atoms with Gasteiger partial charge in [-0.1, -0.05) is 6.07 Å². The summed E-state index contributed by atoms with van der Waals surface area (Å²) in [5.74, 6) is 0.660. The summed E-state index contributed by atoms with van der Waals surface area (Å²) in [7, 11) is 3.27. The molecule has 2 aromatic rings. The van der Waals surface area contributed by atoms with Crippen LogP contribution in [0.25, 0.3) is 0 Å². The summed E-state index contributed by atoms with van der Waals surface area (Å²) in [5.41, 5.74) is 1.76. The molecule has 1 amide bonds. The van der Waals surface area contributed by atoms with Crippen LogP contribution in [-0.2, 0) is 18.4 Å². The van der Waals surface area contributed by atoms with Crippen LogP contribution in [0.2, 0.25) is 0 Å². The van der Waals surface area contributed by atoms with E-state index in [9.17, 15) is 9.18 Å². The molecule has 0 aliphatic carbocycles. The molecule has 1 unspecified atom stereocenters. The number of halogens is 1. The molecule has 2 heterocycles. The minimum absolute atomic E-state index is 0.0343. The first-order valence-corrected chi connectivity index (χ1v) is 7.87. The van der Waals surface area contributed by atoms with Crippen molar-refractivity contribution in [3.63, 3.8) is 0 Å². The van der Waals surface area contributed by atoms with Crippen molar-refractivity contribution in [1.82, 2.24) is 15.1 Å². The van der Waals surface area contributed by atoms with Crippen LogP contribution in [0.3, 0.4) is 0 Å². The normalized spacial score (nSPS) is 17.6. The molecule has 1 fully saturated rings. The van der Waals surface area contributed by atoms with Crippen molar-refractivity contribution in [2.45, 2.75) is 25.9 Å². The molecule has 1 atom stereocenters. The Balaban J connectivity index is 1.65. The van der Waals surface area contributed by atoms with Crippen LogP contribution in [0.15, 0.2) is 24.3 Å². The van der Waals surface area contributed by atoms with Crippen molar-refractivity contribution in [1.29, 1.82) is 0 Å². The van der Waals surface area contributed by atoms with E-state index in [1.807, 2.05) is 20.0 Å². The first kappa shape index (κ1) is 16.4. The number of aromatic nitrogens is 2. The fraction of sp³-hybridized carbons (Fsp3) is 0.412. The summed E-state index contributed by atoms with van der Waals surface area (Å²) in [6.07, 6.45) is 0.724. The summed E-state index contributed by atoms with van der Waals surface area (Å²) in [6.45, 7) is 3.04. The number of carbonyl (C=O) groups excluding carboxylic acids is 1. The van der Waals surface area contributed by atoms with E-state index in [-0.39, 0.29) is 17.7 Å². The summed E-state index contributed by atoms with van der Waals surface area (Å²) in [6, 6.07) is 6.36. The Labute approximate surface area is 140 Å². The number of methoxy groups -OCH3 is 1. The van der Waals surface area contributed by atoms with Gasteiger partial charge in [-0.15, -0.1) is 0 Å².